The molecule has 2 aromatic carbocycles. The van der Waals surface area contributed by atoms with Crippen LogP contribution in [0.2, 0.25) is 0 Å². The highest BCUT2D eigenvalue weighted by Crippen LogP contribution is 2.48. The maximum Gasteiger partial charge on any atom is 0.244 e. The molecular weight excluding hydrogens is 344 g/mol. The van der Waals surface area contributed by atoms with Gasteiger partial charge in [0.1, 0.15) is 17.4 Å². The van der Waals surface area contributed by atoms with Crippen LogP contribution >= 0.6 is 0 Å². The Morgan fingerprint density at radius 3 is 2.78 bits per heavy atom. The van der Waals surface area contributed by atoms with Crippen LogP contribution in [0.3, 0.4) is 0 Å². The molecule has 1 atom stereocenters. The maximum absolute atomic E-state index is 9.84. The zero-order chi connectivity index (χ0) is 19.0. The minimum Gasteiger partial charge on any atom is -0.496 e. The molecule has 0 amide bonds. The van der Waals surface area contributed by atoms with Crippen molar-refractivity contribution < 1.29 is 14.2 Å². The van der Waals surface area contributed by atoms with Crippen LogP contribution in [-0.4, -0.2) is 24.4 Å². The molecule has 2 heterocycles. The number of nitrogens with one attached hydrogen (secondary N) is 1. The summed E-state index contributed by atoms with van der Waals surface area (Å²) in [5.41, 5.74) is 8.68. The summed E-state index contributed by atoms with van der Waals surface area (Å²) in [5, 5.41) is 19.0. The first-order valence-electron chi connectivity index (χ1n) is 8.38. The average Bonchev–Trinajstić information content (AvgIpc) is 3.08. The second-order valence-corrected chi connectivity index (χ2v) is 6.18. The van der Waals surface area contributed by atoms with Crippen molar-refractivity contribution in [2.75, 3.05) is 14.2 Å². The number of nitrogens with two attached hydrogens (primary N) is 1. The molecule has 0 saturated carbocycles. The summed E-state index contributed by atoms with van der Waals surface area (Å²) in [6.45, 7) is 0.299. The Bertz CT molecular complexity index is 1090. The van der Waals surface area contributed by atoms with Gasteiger partial charge in [-0.1, -0.05) is 30.3 Å². The van der Waals surface area contributed by atoms with Crippen molar-refractivity contribution in [2.24, 2.45) is 5.73 Å². The van der Waals surface area contributed by atoms with E-state index in [0.29, 0.717) is 23.8 Å². The molecule has 1 aliphatic rings. The molecule has 0 radical (unpaired) electrons. The van der Waals surface area contributed by atoms with Crippen molar-refractivity contribution in [1.82, 2.24) is 10.2 Å². The third-order valence-corrected chi connectivity index (χ3v) is 4.75. The van der Waals surface area contributed by atoms with Crippen LogP contribution in [0.25, 0.3) is 10.8 Å². The first-order valence-corrected chi connectivity index (χ1v) is 8.38. The van der Waals surface area contributed by atoms with Crippen molar-refractivity contribution in [1.29, 1.82) is 5.26 Å². The Morgan fingerprint density at radius 2 is 2.04 bits per heavy atom. The molecule has 3 aromatic rings. The predicted octanol–water partition coefficient (Wildman–Crippen LogP) is 2.94. The van der Waals surface area contributed by atoms with Gasteiger partial charge in [0.2, 0.25) is 11.8 Å². The number of ether oxygens (including phenoxy) is 3. The predicted molar refractivity (Wildman–Crippen MR) is 99.1 cm³/mol. The lowest BCUT2D eigenvalue weighted by atomic mass is 9.81. The fourth-order valence-corrected chi connectivity index (χ4v) is 3.60. The Balaban J connectivity index is 2.08. The van der Waals surface area contributed by atoms with Crippen LogP contribution in [0, 0.1) is 11.3 Å². The summed E-state index contributed by atoms with van der Waals surface area (Å²) in [7, 11) is 3.21. The number of benzene rings is 2. The highest BCUT2D eigenvalue weighted by Gasteiger charge is 2.37. The van der Waals surface area contributed by atoms with E-state index in [2.05, 4.69) is 16.3 Å². The van der Waals surface area contributed by atoms with Crippen LogP contribution in [0.1, 0.15) is 22.7 Å². The molecular formula is C20H18N4O3. The number of fused-ring (bicyclic) bond motifs is 2. The van der Waals surface area contributed by atoms with Crippen molar-refractivity contribution in [2.45, 2.75) is 12.5 Å². The number of H-pyrrole nitrogens is 1. The standard InChI is InChI=1S/C20H18N4O3/c1-25-10-14-18-17(13(9-21)19(22)27-20(18)24-23-14)16-12-6-4-3-5-11(12)7-8-15(16)26-2/h3-8,17H,10,22H2,1-2H3,(H,23,24)/t17-/m1/s1. The van der Waals surface area contributed by atoms with Gasteiger partial charge < -0.3 is 19.9 Å². The van der Waals surface area contributed by atoms with Gasteiger partial charge in [0, 0.05) is 12.7 Å². The lowest BCUT2D eigenvalue weighted by Crippen LogP contribution is -2.22. The van der Waals surface area contributed by atoms with Gasteiger partial charge in [-0.05, 0) is 16.8 Å². The summed E-state index contributed by atoms with van der Waals surface area (Å²) in [5.74, 6) is 0.569. The SMILES string of the molecule is COCc1[nH]nc2c1[C@@H](c1c(OC)ccc3ccccc13)C(C#N)=C(N)O2. The van der Waals surface area contributed by atoms with Gasteiger partial charge in [0.25, 0.3) is 0 Å². The van der Waals surface area contributed by atoms with Crippen molar-refractivity contribution in [3.8, 4) is 17.7 Å². The third kappa shape index (κ3) is 2.58. The Labute approximate surface area is 155 Å². The number of nitrogens with zero attached hydrogens (tertiary/aromatic N) is 2. The van der Waals surface area contributed by atoms with Crippen molar-refractivity contribution in [3.63, 3.8) is 0 Å². The summed E-state index contributed by atoms with van der Waals surface area (Å²) in [6, 6.07) is 14.0. The molecule has 3 N–H and O–H groups in total. The minimum absolute atomic E-state index is 0.0421. The number of hydrogen-bond donors (Lipinski definition) is 2. The Kier molecular flexibility index (Phi) is 4.18. The number of rotatable bonds is 4. The lowest BCUT2D eigenvalue weighted by molar-refractivity contribution is 0.180. The summed E-state index contributed by atoms with van der Waals surface area (Å²) < 4.78 is 16.5. The van der Waals surface area contributed by atoms with Crippen LogP contribution in [0.4, 0.5) is 0 Å². The number of aromatic nitrogens is 2. The lowest BCUT2D eigenvalue weighted by Gasteiger charge is -2.26. The summed E-state index contributed by atoms with van der Waals surface area (Å²) in [6.07, 6.45) is 0. The van der Waals surface area contributed by atoms with Gasteiger partial charge in [0.15, 0.2) is 0 Å². The molecule has 27 heavy (non-hydrogen) atoms. The normalized spacial score (nSPS) is 16.0. The van der Waals surface area contributed by atoms with Crippen LogP contribution in [0.15, 0.2) is 47.9 Å². The summed E-state index contributed by atoms with van der Waals surface area (Å²) in [4.78, 5) is 0. The molecule has 0 saturated heterocycles. The van der Waals surface area contributed by atoms with Crippen LogP contribution in [-0.2, 0) is 11.3 Å². The van der Waals surface area contributed by atoms with E-state index < -0.39 is 5.92 Å². The monoisotopic (exact) mass is 362 g/mol. The maximum atomic E-state index is 9.84. The molecule has 0 fully saturated rings. The van der Waals surface area contributed by atoms with E-state index in [-0.39, 0.29) is 5.88 Å². The van der Waals surface area contributed by atoms with Gasteiger partial charge in [0.05, 0.1) is 30.9 Å². The largest absolute Gasteiger partial charge is 0.496 e. The zero-order valence-electron chi connectivity index (χ0n) is 14.9. The molecule has 1 aromatic heterocycles. The number of nitriles is 1. The van der Waals surface area contributed by atoms with E-state index in [1.807, 2.05) is 36.4 Å². The molecule has 136 valence electrons. The van der Waals surface area contributed by atoms with E-state index in [1.165, 1.54) is 0 Å². The second kappa shape index (κ2) is 6.67. The number of methoxy groups -OCH3 is 2. The van der Waals surface area contributed by atoms with Gasteiger partial charge >= 0.3 is 0 Å². The van der Waals surface area contributed by atoms with Gasteiger partial charge in [-0.2, -0.15) is 5.26 Å². The highest BCUT2D eigenvalue weighted by atomic mass is 16.5. The molecule has 7 nitrogen and oxygen atoms in total. The van der Waals surface area contributed by atoms with Crippen LogP contribution in [0.5, 0.6) is 11.6 Å². The Hall–Kier alpha value is -3.50. The number of aromatic amines is 1. The van der Waals surface area contributed by atoms with Gasteiger partial charge in [-0.3, -0.25) is 5.10 Å². The quantitative estimate of drug-likeness (QED) is 0.739. The van der Waals surface area contributed by atoms with Crippen molar-refractivity contribution in [3.05, 3.63) is 64.7 Å². The van der Waals surface area contributed by atoms with E-state index in [4.69, 9.17) is 19.9 Å². The third-order valence-electron chi connectivity index (χ3n) is 4.75. The molecule has 0 bridgehead atoms. The van der Waals surface area contributed by atoms with Gasteiger partial charge in [-0.25, -0.2) is 0 Å². The number of hydrogen-bond acceptors (Lipinski definition) is 6. The van der Waals surface area contributed by atoms with Crippen molar-refractivity contribution >= 4 is 10.8 Å². The molecule has 0 aliphatic carbocycles. The average molecular weight is 362 g/mol. The summed E-state index contributed by atoms with van der Waals surface area (Å²) >= 11 is 0. The molecule has 7 heteroatoms. The molecule has 1 aliphatic heterocycles. The second-order valence-electron chi connectivity index (χ2n) is 6.18. The van der Waals surface area contributed by atoms with Crippen LogP contribution < -0.4 is 15.2 Å². The Morgan fingerprint density at radius 1 is 1.22 bits per heavy atom. The molecule has 0 unspecified atom stereocenters. The molecule has 0 spiro atoms. The van der Waals surface area contributed by atoms with E-state index in [1.54, 1.807) is 14.2 Å². The first kappa shape index (κ1) is 16.9. The first-order chi connectivity index (χ1) is 13.2. The molecule has 4 rings (SSSR count). The van der Waals surface area contributed by atoms with Gasteiger partial charge in [-0.15, -0.1) is 5.10 Å². The fraction of sp³-hybridized carbons (Fsp3) is 0.200. The zero-order valence-corrected chi connectivity index (χ0v) is 14.9. The minimum atomic E-state index is -0.483. The fourth-order valence-electron chi connectivity index (χ4n) is 3.60. The number of allylic oxidation sites excluding steroid dienone is 1. The highest BCUT2D eigenvalue weighted by molar-refractivity contribution is 5.90. The van der Waals surface area contributed by atoms with E-state index >= 15 is 0 Å². The topological polar surface area (TPSA) is 106 Å². The smallest absolute Gasteiger partial charge is 0.244 e. The van der Waals surface area contributed by atoms with E-state index in [0.717, 1.165) is 27.6 Å². The van der Waals surface area contributed by atoms with E-state index in [9.17, 15) is 5.26 Å².